The van der Waals surface area contributed by atoms with Crippen LogP contribution in [0, 0.1) is 6.17 Å². The number of hydrogen-bond donors (Lipinski definition) is 1. The molecule has 0 aromatic carbocycles. The molecule has 6 heavy (non-hydrogen) atoms. The molecule has 1 aliphatic heterocycles. The minimum Gasteiger partial charge on any atom is -0.285 e. The summed E-state index contributed by atoms with van der Waals surface area (Å²) in [5.74, 6) is 0. The zero-order valence-electron chi connectivity index (χ0n) is 3.73. The SMILES string of the molecule is C[C]1N=CCN1. The quantitative estimate of drug-likeness (QED) is 0.443. The van der Waals surface area contributed by atoms with Gasteiger partial charge in [0.15, 0.2) is 0 Å². The standard InChI is InChI=1S/C4H7N2/c1-4-5-2-3-6-4/h2,6H,3H2,1H3. The van der Waals surface area contributed by atoms with Crippen LogP contribution >= 0.6 is 0 Å². The Morgan fingerprint density at radius 2 is 2.83 bits per heavy atom. The highest BCUT2D eigenvalue weighted by Crippen LogP contribution is 1.94. The maximum absolute atomic E-state index is 3.92. The fourth-order valence-corrected chi connectivity index (χ4v) is 0.422. The topological polar surface area (TPSA) is 24.4 Å². The third-order valence-corrected chi connectivity index (χ3v) is 0.734. The van der Waals surface area contributed by atoms with Gasteiger partial charge in [-0.15, -0.1) is 0 Å². The number of nitrogens with one attached hydrogen (secondary N) is 1. The molecule has 2 heteroatoms. The molecular weight excluding hydrogens is 76.1 g/mol. The Hall–Kier alpha value is -0.370. The summed E-state index contributed by atoms with van der Waals surface area (Å²) < 4.78 is 0. The Labute approximate surface area is 37.3 Å². The van der Waals surface area contributed by atoms with E-state index in [-0.39, 0.29) is 0 Å². The van der Waals surface area contributed by atoms with Crippen LogP contribution < -0.4 is 5.32 Å². The molecule has 2 nitrogen and oxygen atoms in total. The van der Waals surface area contributed by atoms with Crippen LogP contribution in [0.25, 0.3) is 0 Å². The van der Waals surface area contributed by atoms with Crippen LogP contribution in [-0.4, -0.2) is 12.8 Å². The van der Waals surface area contributed by atoms with Crippen LogP contribution in [0.4, 0.5) is 0 Å². The molecule has 0 spiro atoms. The number of nitrogens with zero attached hydrogens (tertiary/aromatic N) is 1. The smallest absolute Gasteiger partial charge is 0.146 e. The van der Waals surface area contributed by atoms with Crippen LogP contribution in [-0.2, 0) is 0 Å². The highest BCUT2D eigenvalue weighted by Gasteiger charge is 1.99. The molecule has 0 saturated carbocycles. The monoisotopic (exact) mass is 83.1 g/mol. The van der Waals surface area contributed by atoms with E-state index >= 15 is 0 Å². The van der Waals surface area contributed by atoms with Crippen LogP contribution in [0.5, 0.6) is 0 Å². The summed E-state index contributed by atoms with van der Waals surface area (Å²) in [5.41, 5.74) is 0. The highest BCUT2D eigenvalue weighted by atomic mass is 15.1. The molecule has 1 aliphatic rings. The van der Waals surface area contributed by atoms with E-state index in [1.807, 2.05) is 13.1 Å². The third-order valence-electron chi connectivity index (χ3n) is 0.734. The molecule has 0 bridgehead atoms. The summed E-state index contributed by atoms with van der Waals surface area (Å²) in [6.45, 7) is 2.86. The molecule has 1 N–H and O–H groups in total. The molecule has 0 aliphatic carbocycles. The van der Waals surface area contributed by atoms with Gasteiger partial charge in [-0.05, 0) is 6.92 Å². The predicted octanol–water partition coefficient (Wildman–Crippen LogP) is 0.170. The van der Waals surface area contributed by atoms with E-state index in [1.165, 1.54) is 0 Å². The van der Waals surface area contributed by atoms with Crippen molar-refractivity contribution >= 4 is 6.21 Å². The Balaban J connectivity index is 2.38. The lowest BCUT2D eigenvalue weighted by Gasteiger charge is -1.90. The largest absolute Gasteiger partial charge is 0.285 e. The van der Waals surface area contributed by atoms with Crippen molar-refractivity contribution in [3.63, 3.8) is 0 Å². The molecule has 0 saturated heterocycles. The van der Waals surface area contributed by atoms with Crippen molar-refractivity contribution in [1.29, 1.82) is 0 Å². The molecule has 1 rings (SSSR count). The van der Waals surface area contributed by atoms with Crippen molar-refractivity contribution in [3.05, 3.63) is 6.17 Å². The first-order valence-corrected chi connectivity index (χ1v) is 1.99. The molecular formula is C4H7N2. The third kappa shape index (κ3) is 0.571. The summed E-state index contributed by atoms with van der Waals surface area (Å²) in [5, 5.41) is 3.01. The highest BCUT2D eigenvalue weighted by molar-refractivity contribution is 5.63. The van der Waals surface area contributed by atoms with Gasteiger partial charge in [0.1, 0.15) is 6.17 Å². The second-order valence-electron chi connectivity index (χ2n) is 1.28. The molecule has 0 aromatic rings. The first-order valence-electron chi connectivity index (χ1n) is 1.99. The first-order chi connectivity index (χ1) is 2.89. The first kappa shape index (κ1) is 3.81. The van der Waals surface area contributed by atoms with E-state index in [0.717, 1.165) is 12.7 Å². The number of hydrogen-bond acceptors (Lipinski definition) is 2. The molecule has 1 heterocycles. The van der Waals surface area contributed by atoms with Gasteiger partial charge in [-0.25, -0.2) is 0 Å². The van der Waals surface area contributed by atoms with E-state index in [9.17, 15) is 0 Å². The van der Waals surface area contributed by atoms with Crippen LogP contribution in [0.2, 0.25) is 0 Å². The van der Waals surface area contributed by atoms with Gasteiger partial charge in [-0.3, -0.25) is 10.3 Å². The summed E-state index contributed by atoms with van der Waals surface area (Å²) in [7, 11) is 0. The van der Waals surface area contributed by atoms with Crippen molar-refractivity contribution in [2.75, 3.05) is 6.54 Å². The lowest BCUT2D eigenvalue weighted by Crippen LogP contribution is -2.09. The minimum absolute atomic E-state index is 0.909. The lowest BCUT2D eigenvalue weighted by molar-refractivity contribution is 0.821. The van der Waals surface area contributed by atoms with E-state index in [0.29, 0.717) is 0 Å². The zero-order chi connectivity index (χ0) is 4.41. The number of aliphatic imine (C=N–C) groups is 1. The molecule has 0 amide bonds. The van der Waals surface area contributed by atoms with E-state index in [1.54, 1.807) is 0 Å². The minimum atomic E-state index is 0.909. The van der Waals surface area contributed by atoms with Crippen molar-refractivity contribution in [2.45, 2.75) is 6.92 Å². The lowest BCUT2D eigenvalue weighted by atomic mass is 10.6. The van der Waals surface area contributed by atoms with Crippen molar-refractivity contribution in [2.24, 2.45) is 4.99 Å². The van der Waals surface area contributed by atoms with E-state index in [4.69, 9.17) is 0 Å². The maximum Gasteiger partial charge on any atom is 0.146 e. The van der Waals surface area contributed by atoms with Gasteiger partial charge in [0, 0.05) is 12.8 Å². The zero-order valence-corrected chi connectivity index (χ0v) is 3.73. The van der Waals surface area contributed by atoms with Gasteiger partial charge in [0.25, 0.3) is 0 Å². The molecule has 33 valence electrons. The van der Waals surface area contributed by atoms with Crippen molar-refractivity contribution in [1.82, 2.24) is 5.32 Å². The Kier molecular flexibility index (Phi) is 0.881. The van der Waals surface area contributed by atoms with Crippen molar-refractivity contribution < 1.29 is 0 Å². The number of rotatable bonds is 0. The molecule has 0 aromatic heterocycles. The second kappa shape index (κ2) is 1.39. The van der Waals surface area contributed by atoms with Crippen LogP contribution in [0.1, 0.15) is 6.92 Å². The van der Waals surface area contributed by atoms with Gasteiger partial charge in [-0.1, -0.05) is 0 Å². The Morgan fingerprint density at radius 3 is 3.00 bits per heavy atom. The molecule has 0 unspecified atom stereocenters. The fourth-order valence-electron chi connectivity index (χ4n) is 0.422. The summed E-state index contributed by atoms with van der Waals surface area (Å²) in [6, 6.07) is 0. The van der Waals surface area contributed by atoms with Crippen molar-refractivity contribution in [3.8, 4) is 0 Å². The normalized spacial score (nSPS) is 22.8. The predicted molar refractivity (Wildman–Crippen MR) is 25.4 cm³/mol. The van der Waals surface area contributed by atoms with Crippen LogP contribution in [0.3, 0.4) is 0 Å². The van der Waals surface area contributed by atoms with Gasteiger partial charge >= 0.3 is 0 Å². The maximum atomic E-state index is 3.92. The average molecular weight is 83.1 g/mol. The van der Waals surface area contributed by atoms with Crippen LogP contribution in [0.15, 0.2) is 4.99 Å². The second-order valence-corrected chi connectivity index (χ2v) is 1.28. The van der Waals surface area contributed by atoms with E-state index < -0.39 is 0 Å². The molecule has 0 atom stereocenters. The van der Waals surface area contributed by atoms with E-state index in [2.05, 4.69) is 10.3 Å². The Morgan fingerprint density at radius 1 is 2.00 bits per heavy atom. The average Bonchev–Trinajstić information content (AvgIpc) is 1.86. The van der Waals surface area contributed by atoms with Gasteiger partial charge in [0.2, 0.25) is 0 Å². The van der Waals surface area contributed by atoms with Gasteiger partial charge in [0.05, 0.1) is 0 Å². The van der Waals surface area contributed by atoms with Gasteiger partial charge < -0.3 is 0 Å². The van der Waals surface area contributed by atoms with Gasteiger partial charge in [-0.2, -0.15) is 0 Å². The summed E-state index contributed by atoms with van der Waals surface area (Å²) >= 11 is 0. The molecule has 0 fully saturated rings. The fraction of sp³-hybridized carbons (Fsp3) is 0.500. The summed E-state index contributed by atoms with van der Waals surface area (Å²) in [4.78, 5) is 3.92. The summed E-state index contributed by atoms with van der Waals surface area (Å²) in [6.07, 6.45) is 2.88. The Bertz CT molecular complexity index is 67.9. The molecule has 1 radical (unpaired) electrons.